The topological polar surface area (TPSA) is 81.3 Å². The van der Waals surface area contributed by atoms with E-state index in [0.717, 1.165) is 56.2 Å². The lowest BCUT2D eigenvalue weighted by Gasteiger charge is -2.30. The van der Waals surface area contributed by atoms with E-state index in [2.05, 4.69) is 15.4 Å². The zero-order valence-corrected chi connectivity index (χ0v) is 15.7. The molecule has 1 N–H and O–H groups in total. The summed E-state index contributed by atoms with van der Waals surface area (Å²) in [6.07, 6.45) is 8.43. The second-order valence-electron chi connectivity index (χ2n) is 7.81. The fourth-order valence-corrected chi connectivity index (χ4v) is 4.48. The average molecular weight is 377 g/mol. The highest BCUT2D eigenvalue weighted by Gasteiger charge is 2.25. The van der Waals surface area contributed by atoms with Gasteiger partial charge in [0.25, 0.3) is 11.1 Å². The molecule has 0 unspecified atom stereocenters. The van der Waals surface area contributed by atoms with Crippen molar-refractivity contribution < 1.29 is 0 Å². The van der Waals surface area contributed by atoms with E-state index in [1.165, 1.54) is 4.40 Å². The van der Waals surface area contributed by atoms with Gasteiger partial charge in [0.05, 0.1) is 11.7 Å². The molecule has 0 bridgehead atoms. The van der Waals surface area contributed by atoms with Crippen molar-refractivity contribution in [3.05, 3.63) is 68.5 Å². The van der Waals surface area contributed by atoms with Gasteiger partial charge >= 0.3 is 0 Å². The number of rotatable bonds is 3. The van der Waals surface area contributed by atoms with Gasteiger partial charge in [0.2, 0.25) is 0 Å². The molecule has 28 heavy (non-hydrogen) atoms. The highest BCUT2D eigenvalue weighted by atomic mass is 16.1. The molecule has 1 fully saturated rings. The van der Waals surface area contributed by atoms with E-state index in [9.17, 15) is 9.59 Å². The zero-order chi connectivity index (χ0) is 19.1. The van der Waals surface area contributed by atoms with Gasteiger partial charge in [-0.15, -0.1) is 0 Å². The quantitative estimate of drug-likeness (QED) is 0.758. The Bertz CT molecular complexity index is 1140. The van der Waals surface area contributed by atoms with Crippen LogP contribution in [0.25, 0.3) is 5.65 Å². The van der Waals surface area contributed by atoms with Crippen molar-refractivity contribution in [1.82, 2.24) is 19.2 Å². The standard InChI is InChI=1S/C21H23N5O2/c27-20-13-18(23-19-6-1-2-11-25(19)20)22-15-7-9-16(10-8-15)26-21(28)12-14-4-3-5-17(14)24-26/h1-2,6,11-13,15-16,22H,3-5,7-10H2. The summed E-state index contributed by atoms with van der Waals surface area (Å²) in [4.78, 5) is 29.2. The van der Waals surface area contributed by atoms with Gasteiger partial charge in [-0.25, -0.2) is 9.67 Å². The molecule has 0 saturated heterocycles. The molecule has 3 aromatic rings. The van der Waals surface area contributed by atoms with E-state index in [1.54, 1.807) is 23.0 Å². The van der Waals surface area contributed by atoms with Crippen molar-refractivity contribution in [3.8, 4) is 0 Å². The molecule has 1 saturated carbocycles. The van der Waals surface area contributed by atoms with Crippen molar-refractivity contribution >= 4 is 11.5 Å². The molecule has 7 nitrogen and oxygen atoms in total. The number of hydrogen-bond acceptors (Lipinski definition) is 5. The first-order chi connectivity index (χ1) is 13.7. The minimum atomic E-state index is -0.0873. The lowest BCUT2D eigenvalue weighted by molar-refractivity contribution is 0.301. The number of hydrogen-bond donors (Lipinski definition) is 1. The Morgan fingerprint density at radius 2 is 1.86 bits per heavy atom. The third kappa shape index (κ3) is 3.10. The fraction of sp³-hybridized carbons (Fsp3) is 0.429. The summed E-state index contributed by atoms with van der Waals surface area (Å²) >= 11 is 0. The highest BCUT2D eigenvalue weighted by Crippen LogP contribution is 2.29. The Morgan fingerprint density at radius 1 is 1.00 bits per heavy atom. The van der Waals surface area contributed by atoms with E-state index in [0.29, 0.717) is 11.5 Å². The monoisotopic (exact) mass is 377 g/mol. The Balaban J connectivity index is 1.29. The number of anilines is 1. The number of pyridine rings is 1. The Hall–Kier alpha value is -2.96. The maximum atomic E-state index is 12.5. The maximum absolute atomic E-state index is 12.5. The second kappa shape index (κ2) is 6.89. The summed E-state index contributed by atoms with van der Waals surface area (Å²) in [5, 5.41) is 8.07. The molecule has 0 spiro atoms. The Labute approximate surface area is 162 Å². The smallest absolute Gasteiger partial charge is 0.267 e. The SMILES string of the molecule is O=c1cc2c(nn1C1CCC(Nc3cc(=O)n4ccccc4n3)CC1)CCC2. The van der Waals surface area contributed by atoms with Crippen LogP contribution in [0.5, 0.6) is 0 Å². The van der Waals surface area contributed by atoms with Crippen LogP contribution < -0.4 is 16.4 Å². The molecule has 144 valence electrons. The number of nitrogens with one attached hydrogen (secondary N) is 1. The molecule has 5 rings (SSSR count). The molecular formula is C21H23N5O2. The maximum Gasteiger partial charge on any atom is 0.267 e. The predicted molar refractivity (Wildman–Crippen MR) is 107 cm³/mol. The van der Waals surface area contributed by atoms with E-state index in [-0.39, 0.29) is 23.2 Å². The van der Waals surface area contributed by atoms with Gasteiger partial charge in [0, 0.05) is 24.4 Å². The van der Waals surface area contributed by atoms with Gasteiger partial charge in [0.1, 0.15) is 11.5 Å². The van der Waals surface area contributed by atoms with Crippen molar-refractivity contribution in [2.45, 2.75) is 57.0 Å². The molecular weight excluding hydrogens is 354 g/mol. The van der Waals surface area contributed by atoms with Crippen LogP contribution in [0.15, 0.2) is 46.1 Å². The molecule has 7 heteroatoms. The zero-order valence-electron chi connectivity index (χ0n) is 15.7. The van der Waals surface area contributed by atoms with Crippen LogP contribution in [-0.2, 0) is 12.8 Å². The fourth-order valence-electron chi connectivity index (χ4n) is 4.48. The molecule has 0 atom stereocenters. The largest absolute Gasteiger partial charge is 0.367 e. The highest BCUT2D eigenvalue weighted by molar-refractivity contribution is 5.46. The van der Waals surface area contributed by atoms with Crippen LogP contribution in [0.1, 0.15) is 49.4 Å². The van der Waals surface area contributed by atoms with Gasteiger partial charge in [0.15, 0.2) is 0 Å². The Morgan fingerprint density at radius 3 is 2.71 bits per heavy atom. The summed E-state index contributed by atoms with van der Waals surface area (Å²) in [5.74, 6) is 0.618. The van der Waals surface area contributed by atoms with E-state index < -0.39 is 0 Å². The van der Waals surface area contributed by atoms with Crippen LogP contribution in [0, 0.1) is 0 Å². The summed E-state index contributed by atoms with van der Waals surface area (Å²) in [6, 6.07) is 9.26. The molecule has 2 aliphatic carbocycles. The van der Waals surface area contributed by atoms with Crippen LogP contribution in [0.2, 0.25) is 0 Å². The van der Waals surface area contributed by atoms with E-state index in [1.807, 2.05) is 18.2 Å². The van der Waals surface area contributed by atoms with Gasteiger partial charge < -0.3 is 5.32 Å². The van der Waals surface area contributed by atoms with Crippen molar-refractivity contribution in [3.63, 3.8) is 0 Å². The van der Waals surface area contributed by atoms with E-state index in [4.69, 9.17) is 0 Å². The minimum Gasteiger partial charge on any atom is -0.367 e. The number of fused-ring (bicyclic) bond motifs is 2. The minimum absolute atomic E-state index is 0.0290. The Kier molecular flexibility index (Phi) is 4.22. The first kappa shape index (κ1) is 17.2. The molecule has 3 aromatic heterocycles. The number of aryl methyl sites for hydroxylation is 2. The van der Waals surface area contributed by atoms with Gasteiger partial charge in [-0.05, 0) is 62.6 Å². The lowest BCUT2D eigenvalue weighted by Crippen LogP contribution is -2.34. The molecule has 0 aromatic carbocycles. The second-order valence-corrected chi connectivity index (χ2v) is 7.81. The van der Waals surface area contributed by atoms with Gasteiger partial charge in [-0.1, -0.05) is 6.07 Å². The summed E-state index contributed by atoms with van der Waals surface area (Å²) in [6.45, 7) is 0. The van der Waals surface area contributed by atoms with Crippen LogP contribution in [0.3, 0.4) is 0 Å². The lowest BCUT2D eigenvalue weighted by atomic mass is 9.91. The average Bonchev–Trinajstić information content (AvgIpc) is 3.15. The summed E-state index contributed by atoms with van der Waals surface area (Å²) in [5.41, 5.74) is 2.81. The number of nitrogens with zero attached hydrogens (tertiary/aromatic N) is 4. The first-order valence-electron chi connectivity index (χ1n) is 10.0. The third-order valence-corrected chi connectivity index (χ3v) is 5.95. The van der Waals surface area contributed by atoms with Gasteiger partial charge in [-0.2, -0.15) is 5.10 Å². The third-order valence-electron chi connectivity index (χ3n) is 5.95. The molecule has 0 radical (unpaired) electrons. The molecule has 0 amide bonds. The molecule has 3 heterocycles. The van der Waals surface area contributed by atoms with E-state index >= 15 is 0 Å². The molecule has 0 aliphatic heterocycles. The first-order valence-corrected chi connectivity index (χ1v) is 10.0. The van der Waals surface area contributed by atoms with Gasteiger partial charge in [-0.3, -0.25) is 14.0 Å². The number of aromatic nitrogens is 4. The van der Waals surface area contributed by atoms with Crippen LogP contribution in [-0.4, -0.2) is 25.2 Å². The molecule has 2 aliphatic rings. The van der Waals surface area contributed by atoms with Crippen LogP contribution >= 0.6 is 0 Å². The normalized spacial score (nSPS) is 21.6. The summed E-state index contributed by atoms with van der Waals surface area (Å²) < 4.78 is 3.25. The van der Waals surface area contributed by atoms with Crippen molar-refractivity contribution in [2.24, 2.45) is 0 Å². The van der Waals surface area contributed by atoms with Crippen molar-refractivity contribution in [2.75, 3.05) is 5.32 Å². The van der Waals surface area contributed by atoms with Crippen molar-refractivity contribution in [1.29, 1.82) is 0 Å². The predicted octanol–water partition coefficient (Wildman–Crippen LogP) is 2.34. The van der Waals surface area contributed by atoms with Crippen LogP contribution in [0.4, 0.5) is 5.82 Å². The summed E-state index contributed by atoms with van der Waals surface area (Å²) in [7, 11) is 0.